The fourth-order valence-corrected chi connectivity index (χ4v) is 2.95. The summed E-state index contributed by atoms with van der Waals surface area (Å²) in [4.78, 5) is 16.0. The van der Waals surface area contributed by atoms with Crippen LogP contribution in [-0.4, -0.2) is 27.7 Å². The van der Waals surface area contributed by atoms with Gasteiger partial charge in [0.25, 0.3) is 0 Å². The topological polar surface area (TPSA) is 68.5 Å². The lowest BCUT2D eigenvalue weighted by Gasteiger charge is -2.04. The van der Waals surface area contributed by atoms with Crippen LogP contribution in [0.1, 0.15) is 10.4 Å². The zero-order chi connectivity index (χ0) is 18.8. The quantitative estimate of drug-likeness (QED) is 0.526. The van der Waals surface area contributed by atoms with Gasteiger partial charge in [-0.3, -0.25) is 0 Å². The Labute approximate surface area is 160 Å². The highest BCUT2D eigenvalue weighted by Gasteiger charge is 2.10. The second kappa shape index (κ2) is 7.09. The number of rotatable bonds is 4. The summed E-state index contributed by atoms with van der Waals surface area (Å²) in [6, 6.07) is 20.3. The number of hydrogen-bond donors (Lipinski definition) is 1. The van der Waals surface area contributed by atoms with Crippen LogP contribution in [0.25, 0.3) is 16.9 Å². The van der Waals surface area contributed by atoms with Crippen LogP contribution < -0.4 is 5.32 Å². The highest BCUT2D eigenvalue weighted by Crippen LogP contribution is 2.24. The molecule has 0 unspecified atom stereocenters. The van der Waals surface area contributed by atoms with Crippen molar-refractivity contribution in [1.82, 2.24) is 14.6 Å². The summed E-state index contributed by atoms with van der Waals surface area (Å²) in [7, 11) is 1.35. The number of nitrogens with one attached hydrogen (secondary N) is 1. The Morgan fingerprint density at radius 3 is 2.59 bits per heavy atom. The summed E-state index contributed by atoms with van der Waals surface area (Å²) >= 11 is 6.11. The van der Waals surface area contributed by atoms with Crippen molar-refractivity contribution < 1.29 is 9.53 Å². The Bertz CT molecular complexity index is 1120. The molecule has 2 aromatic carbocycles. The molecule has 0 aliphatic heterocycles. The number of aromatic nitrogens is 3. The number of methoxy groups -OCH3 is 1. The van der Waals surface area contributed by atoms with E-state index in [9.17, 15) is 4.79 Å². The van der Waals surface area contributed by atoms with Gasteiger partial charge < -0.3 is 10.1 Å². The van der Waals surface area contributed by atoms with Crippen molar-refractivity contribution in [2.45, 2.75) is 0 Å². The summed E-state index contributed by atoms with van der Waals surface area (Å²) in [6.07, 6.45) is 0. The van der Waals surface area contributed by atoms with E-state index in [-0.39, 0.29) is 5.97 Å². The van der Waals surface area contributed by atoms with E-state index in [1.54, 1.807) is 28.8 Å². The van der Waals surface area contributed by atoms with Gasteiger partial charge in [0.2, 0.25) is 5.95 Å². The SMILES string of the molecule is COC(=O)c1ccc(Nc2nc3cccc(-c4cccc(Cl)c4)n3n2)cc1. The van der Waals surface area contributed by atoms with Gasteiger partial charge in [-0.15, -0.1) is 5.10 Å². The van der Waals surface area contributed by atoms with Crippen LogP contribution in [0.15, 0.2) is 66.7 Å². The Morgan fingerprint density at radius 1 is 1.07 bits per heavy atom. The van der Waals surface area contributed by atoms with Gasteiger partial charge in [0.1, 0.15) is 0 Å². The summed E-state index contributed by atoms with van der Waals surface area (Å²) in [5, 5.41) is 8.35. The fraction of sp³-hybridized carbons (Fsp3) is 0.0500. The number of nitrogens with zero attached hydrogens (tertiary/aromatic N) is 3. The molecule has 0 spiro atoms. The molecule has 0 saturated heterocycles. The standard InChI is InChI=1S/C20H15ClN4O2/c1-27-19(26)13-8-10-16(11-9-13)22-20-23-18-7-3-6-17(25(18)24-20)14-4-2-5-15(21)12-14/h2-12H,1H3,(H,22,24). The number of fused-ring (bicyclic) bond motifs is 1. The smallest absolute Gasteiger partial charge is 0.337 e. The molecule has 0 radical (unpaired) electrons. The first-order chi connectivity index (χ1) is 13.1. The lowest BCUT2D eigenvalue weighted by Crippen LogP contribution is -2.01. The van der Waals surface area contributed by atoms with Crippen LogP contribution in [0.5, 0.6) is 0 Å². The van der Waals surface area contributed by atoms with Crippen LogP contribution in [0.3, 0.4) is 0 Å². The Morgan fingerprint density at radius 2 is 1.85 bits per heavy atom. The molecule has 0 atom stereocenters. The van der Waals surface area contributed by atoms with E-state index in [0.29, 0.717) is 22.2 Å². The van der Waals surface area contributed by atoms with Gasteiger partial charge in [-0.2, -0.15) is 4.98 Å². The summed E-state index contributed by atoms with van der Waals surface area (Å²) < 4.78 is 6.46. The van der Waals surface area contributed by atoms with E-state index in [0.717, 1.165) is 16.9 Å². The normalized spacial score (nSPS) is 10.7. The highest BCUT2D eigenvalue weighted by atomic mass is 35.5. The molecule has 0 aliphatic rings. The minimum absolute atomic E-state index is 0.376. The molecule has 4 aromatic rings. The number of halogens is 1. The predicted octanol–water partition coefficient (Wildman–Crippen LogP) is 4.58. The largest absolute Gasteiger partial charge is 0.465 e. The number of benzene rings is 2. The van der Waals surface area contributed by atoms with E-state index in [1.165, 1.54) is 7.11 Å². The molecule has 2 aromatic heterocycles. The summed E-state index contributed by atoms with van der Waals surface area (Å²) in [5.74, 6) is 0.0777. The first kappa shape index (κ1) is 17.1. The molecule has 7 heteroatoms. The van der Waals surface area contributed by atoms with Crippen molar-refractivity contribution in [2.24, 2.45) is 0 Å². The third-order valence-electron chi connectivity index (χ3n) is 4.04. The number of hydrogen-bond acceptors (Lipinski definition) is 5. The number of ether oxygens (including phenoxy) is 1. The third kappa shape index (κ3) is 3.47. The van der Waals surface area contributed by atoms with Gasteiger partial charge >= 0.3 is 5.97 Å². The van der Waals surface area contributed by atoms with Crippen molar-refractivity contribution in [3.63, 3.8) is 0 Å². The number of carbonyl (C=O) groups excluding carboxylic acids is 1. The molecule has 27 heavy (non-hydrogen) atoms. The van der Waals surface area contributed by atoms with Crippen molar-refractivity contribution in [2.75, 3.05) is 12.4 Å². The average Bonchev–Trinajstić information content (AvgIpc) is 3.10. The number of anilines is 2. The first-order valence-electron chi connectivity index (χ1n) is 8.21. The van der Waals surface area contributed by atoms with Crippen LogP contribution in [0.2, 0.25) is 5.02 Å². The van der Waals surface area contributed by atoms with Crippen LogP contribution in [-0.2, 0) is 4.74 Å². The molecule has 4 rings (SSSR count). The number of pyridine rings is 1. The van der Waals surface area contributed by atoms with Crippen molar-refractivity contribution in [3.8, 4) is 11.3 Å². The van der Waals surface area contributed by atoms with Gasteiger partial charge in [-0.05, 0) is 48.5 Å². The molecule has 2 heterocycles. The molecule has 6 nitrogen and oxygen atoms in total. The molecule has 0 saturated carbocycles. The number of carbonyl (C=O) groups is 1. The molecule has 0 fully saturated rings. The molecule has 0 amide bonds. The van der Waals surface area contributed by atoms with Crippen molar-refractivity contribution in [3.05, 3.63) is 77.3 Å². The zero-order valence-electron chi connectivity index (χ0n) is 14.4. The fourth-order valence-electron chi connectivity index (χ4n) is 2.76. The van der Waals surface area contributed by atoms with E-state index < -0.39 is 0 Å². The minimum atomic E-state index is -0.376. The Hall–Kier alpha value is -3.38. The molecular formula is C20H15ClN4O2. The molecule has 1 N–H and O–H groups in total. The molecule has 134 valence electrons. The average molecular weight is 379 g/mol. The van der Waals surface area contributed by atoms with Gasteiger partial charge in [0.15, 0.2) is 5.65 Å². The molecule has 0 bridgehead atoms. The zero-order valence-corrected chi connectivity index (χ0v) is 15.1. The van der Waals surface area contributed by atoms with E-state index in [1.807, 2.05) is 42.5 Å². The first-order valence-corrected chi connectivity index (χ1v) is 8.59. The highest BCUT2D eigenvalue weighted by molar-refractivity contribution is 6.30. The van der Waals surface area contributed by atoms with Crippen LogP contribution in [0.4, 0.5) is 11.6 Å². The summed E-state index contributed by atoms with van der Waals surface area (Å²) in [6.45, 7) is 0. The van der Waals surface area contributed by atoms with Crippen LogP contribution in [0, 0.1) is 0 Å². The van der Waals surface area contributed by atoms with Crippen molar-refractivity contribution >= 4 is 34.9 Å². The summed E-state index contributed by atoms with van der Waals surface area (Å²) in [5.41, 5.74) is 3.79. The van der Waals surface area contributed by atoms with E-state index >= 15 is 0 Å². The third-order valence-corrected chi connectivity index (χ3v) is 4.28. The van der Waals surface area contributed by atoms with Crippen molar-refractivity contribution in [1.29, 1.82) is 0 Å². The monoisotopic (exact) mass is 378 g/mol. The molecule has 0 aliphatic carbocycles. The van der Waals surface area contributed by atoms with Gasteiger partial charge in [-0.25, -0.2) is 9.31 Å². The van der Waals surface area contributed by atoms with E-state index in [2.05, 4.69) is 15.4 Å². The van der Waals surface area contributed by atoms with Crippen LogP contribution >= 0.6 is 11.6 Å². The maximum absolute atomic E-state index is 11.5. The van der Waals surface area contributed by atoms with Gasteiger partial charge in [0, 0.05) is 16.3 Å². The Balaban J connectivity index is 1.66. The maximum Gasteiger partial charge on any atom is 0.337 e. The minimum Gasteiger partial charge on any atom is -0.465 e. The maximum atomic E-state index is 11.5. The van der Waals surface area contributed by atoms with Gasteiger partial charge in [-0.1, -0.05) is 29.8 Å². The van der Waals surface area contributed by atoms with Gasteiger partial charge in [0.05, 0.1) is 18.4 Å². The predicted molar refractivity (Wildman–Crippen MR) is 104 cm³/mol. The lowest BCUT2D eigenvalue weighted by molar-refractivity contribution is 0.0601. The second-order valence-corrected chi connectivity index (χ2v) is 6.26. The Kier molecular flexibility index (Phi) is 4.48. The molecular weight excluding hydrogens is 364 g/mol. The second-order valence-electron chi connectivity index (χ2n) is 5.82. The number of esters is 1. The lowest BCUT2D eigenvalue weighted by atomic mass is 10.1. The van der Waals surface area contributed by atoms with E-state index in [4.69, 9.17) is 16.3 Å².